The zero-order valence-corrected chi connectivity index (χ0v) is 23.7. The predicted octanol–water partition coefficient (Wildman–Crippen LogP) is 8.50. The van der Waals surface area contributed by atoms with Gasteiger partial charge < -0.3 is 13.7 Å². The first-order chi connectivity index (χ1) is 17.7. The molecule has 1 aliphatic heterocycles. The van der Waals surface area contributed by atoms with E-state index in [1.54, 1.807) is 0 Å². The Balaban J connectivity index is 1.57. The van der Waals surface area contributed by atoms with Crippen LogP contribution in [0.3, 0.4) is 0 Å². The van der Waals surface area contributed by atoms with Gasteiger partial charge in [-0.1, -0.05) is 84.0 Å². The van der Waals surface area contributed by atoms with Gasteiger partial charge in [-0.3, -0.25) is 0 Å². The number of hydrogen-bond acceptors (Lipinski definition) is 3. The number of aromatic nitrogens is 1. The van der Waals surface area contributed by atoms with Crippen molar-refractivity contribution in [1.82, 2.24) is 4.23 Å². The second-order valence-electron chi connectivity index (χ2n) is 11.1. The molecule has 4 nitrogen and oxygen atoms in total. The lowest BCUT2D eigenvalue weighted by molar-refractivity contribution is 0.0456. The van der Waals surface area contributed by atoms with Gasteiger partial charge in [0.2, 0.25) is 0 Å². The molecule has 0 fully saturated rings. The molecule has 192 valence electrons. The van der Waals surface area contributed by atoms with Crippen LogP contribution in [0.2, 0.25) is 16.6 Å². The van der Waals surface area contributed by atoms with Gasteiger partial charge in [-0.15, -0.1) is 0 Å². The van der Waals surface area contributed by atoms with E-state index < -0.39 is 14.3 Å². The van der Waals surface area contributed by atoms with Crippen LogP contribution in [0.5, 0.6) is 5.75 Å². The van der Waals surface area contributed by atoms with Crippen LogP contribution in [0.1, 0.15) is 74.7 Å². The van der Waals surface area contributed by atoms with Gasteiger partial charge in [0.25, 0.3) is 0 Å². The summed E-state index contributed by atoms with van der Waals surface area (Å²) in [5.41, 5.74) is 6.61. The van der Waals surface area contributed by atoms with Crippen molar-refractivity contribution in [2.24, 2.45) is 0 Å². The topological polar surface area (TPSA) is 40.5 Å². The number of carbonyl (C=O) groups excluding carboxylic acids is 1. The van der Waals surface area contributed by atoms with E-state index in [-0.39, 0.29) is 5.97 Å². The highest BCUT2D eigenvalue weighted by molar-refractivity contribution is 6.82. The summed E-state index contributed by atoms with van der Waals surface area (Å²) in [6, 6.07) is 24.4. The first kappa shape index (κ1) is 25.3. The molecular weight excluding hydrogens is 474 g/mol. The predicted molar refractivity (Wildman–Crippen MR) is 153 cm³/mol. The average molecular weight is 512 g/mol. The molecule has 0 bridgehead atoms. The third-order valence-electron chi connectivity index (χ3n) is 8.22. The van der Waals surface area contributed by atoms with Crippen LogP contribution in [0.4, 0.5) is 0 Å². The molecule has 37 heavy (non-hydrogen) atoms. The zero-order chi connectivity index (χ0) is 26.3. The van der Waals surface area contributed by atoms with Gasteiger partial charge in [-0.25, -0.2) is 4.79 Å². The third kappa shape index (κ3) is 4.19. The molecule has 4 aromatic rings. The Morgan fingerprint density at radius 3 is 2.24 bits per heavy atom. The monoisotopic (exact) mass is 511 g/mol. The maximum atomic E-state index is 13.0. The summed E-state index contributed by atoms with van der Waals surface area (Å²) < 4.78 is 14.7. The Morgan fingerprint density at radius 2 is 1.57 bits per heavy atom. The van der Waals surface area contributed by atoms with Crippen molar-refractivity contribution < 1.29 is 14.3 Å². The van der Waals surface area contributed by atoms with E-state index in [2.05, 4.69) is 76.2 Å². The molecule has 0 radical (unpaired) electrons. The molecule has 1 aromatic heterocycles. The Hall–Kier alpha value is -3.31. The van der Waals surface area contributed by atoms with Crippen LogP contribution >= 0.6 is 0 Å². The normalized spacial score (nSPS) is 15.6. The minimum Gasteiger partial charge on any atom is -0.489 e. The second kappa shape index (κ2) is 9.86. The molecule has 1 atom stereocenters. The first-order valence-corrected chi connectivity index (χ1v) is 15.5. The van der Waals surface area contributed by atoms with Crippen LogP contribution in [0.25, 0.3) is 10.9 Å². The highest BCUT2D eigenvalue weighted by Crippen LogP contribution is 2.47. The molecule has 0 saturated carbocycles. The van der Waals surface area contributed by atoms with Gasteiger partial charge in [0.05, 0.1) is 5.56 Å². The molecule has 3 aromatic carbocycles. The van der Waals surface area contributed by atoms with Crippen molar-refractivity contribution in [2.45, 2.75) is 70.9 Å². The minimum absolute atomic E-state index is 0.259. The van der Waals surface area contributed by atoms with Crippen LogP contribution in [-0.2, 0) is 11.3 Å². The number of carbonyl (C=O) groups is 1. The lowest BCUT2D eigenvalue weighted by Gasteiger charge is -2.44. The number of fused-ring (bicyclic) bond motifs is 3. The number of esters is 1. The van der Waals surface area contributed by atoms with Crippen molar-refractivity contribution in [3.63, 3.8) is 0 Å². The first-order valence-electron chi connectivity index (χ1n) is 13.4. The van der Waals surface area contributed by atoms with E-state index in [1.807, 2.05) is 48.5 Å². The van der Waals surface area contributed by atoms with E-state index in [0.717, 1.165) is 27.8 Å². The van der Waals surface area contributed by atoms with Gasteiger partial charge in [0, 0.05) is 22.0 Å². The summed E-state index contributed by atoms with van der Waals surface area (Å²) in [4.78, 5) is 13.0. The molecule has 1 aliphatic rings. The van der Waals surface area contributed by atoms with Gasteiger partial charge in [0.15, 0.2) is 14.3 Å². The van der Waals surface area contributed by atoms with E-state index in [0.29, 0.717) is 28.8 Å². The molecular formula is C32H37NO3Si. The Morgan fingerprint density at radius 1 is 0.865 bits per heavy atom. The van der Waals surface area contributed by atoms with Crippen molar-refractivity contribution in [2.75, 3.05) is 0 Å². The molecule has 0 spiro atoms. The van der Waals surface area contributed by atoms with Gasteiger partial charge in [-0.05, 0) is 58.7 Å². The number of ether oxygens (including phenoxy) is 2. The van der Waals surface area contributed by atoms with E-state index >= 15 is 0 Å². The van der Waals surface area contributed by atoms with Crippen molar-refractivity contribution in [1.29, 1.82) is 0 Å². The largest absolute Gasteiger partial charge is 0.489 e. The summed E-state index contributed by atoms with van der Waals surface area (Å²) in [5, 5.41) is 1.11. The summed E-state index contributed by atoms with van der Waals surface area (Å²) in [6.45, 7) is 14.8. The molecule has 0 amide bonds. The molecule has 0 N–H and O–H groups in total. The quantitative estimate of drug-likeness (QED) is 0.176. The van der Waals surface area contributed by atoms with Gasteiger partial charge >= 0.3 is 5.97 Å². The molecule has 2 heterocycles. The maximum absolute atomic E-state index is 13.0. The highest BCUT2D eigenvalue weighted by Gasteiger charge is 2.46. The number of nitrogens with zero attached hydrogens (tertiary/aromatic N) is 1. The molecule has 1 unspecified atom stereocenters. The maximum Gasteiger partial charge on any atom is 0.339 e. The van der Waals surface area contributed by atoms with Crippen molar-refractivity contribution in [3.8, 4) is 5.75 Å². The molecule has 0 saturated heterocycles. The van der Waals surface area contributed by atoms with Crippen LogP contribution < -0.4 is 4.74 Å². The lowest BCUT2D eigenvalue weighted by atomic mass is 9.96. The average Bonchev–Trinajstić information content (AvgIpc) is 3.45. The van der Waals surface area contributed by atoms with E-state index in [4.69, 9.17) is 9.47 Å². The van der Waals surface area contributed by atoms with Gasteiger partial charge in [0.1, 0.15) is 12.4 Å². The zero-order valence-electron chi connectivity index (χ0n) is 22.7. The smallest absolute Gasteiger partial charge is 0.339 e. The number of rotatable bonds is 8. The fraction of sp³-hybridized carbons (Fsp3) is 0.344. The standard InChI is InChI=1S/C32H37NO3Si/c1-21(2)37(22(3)4,23(5)6)33-18-17-27-29(33)16-15-28-30(27)31(36-32(28)34)25-13-10-14-26(19-25)35-20-24-11-8-7-9-12-24/h7-19,21-23,31H,20H2,1-6H3. The SMILES string of the molecule is CC(C)[Si](C(C)C)(C(C)C)n1ccc2c3c(ccc21)C(=O)OC3c1cccc(OCc2ccccc2)c1. The Kier molecular flexibility index (Phi) is 6.75. The lowest BCUT2D eigenvalue weighted by Crippen LogP contribution is -2.51. The molecule has 5 rings (SSSR count). The summed E-state index contributed by atoms with van der Waals surface area (Å²) >= 11 is 0. The molecule has 0 aliphatic carbocycles. The van der Waals surface area contributed by atoms with E-state index in [1.165, 1.54) is 5.52 Å². The van der Waals surface area contributed by atoms with Gasteiger partial charge in [-0.2, -0.15) is 0 Å². The fourth-order valence-corrected chi connectivity index (χ4v) is 13.5. The van der Waals surface area contributed by atoms with Crippen molar-refractivity contribution >= 4 is 25.1 Å². The van der Waals surface area contributed by atoms with Crippen molar-refractivity contribution in [3.05, 3.63) is 101 Å². The van der Waals surface area contributed by atoms with Crippen LogP contribution in [0.15, 0.2) is 79.0 Å². The number of hydrogen-bond donors (Lipinski definition) is 0. The summed E-state index contributed by atoms with van der Waals surface area (Å²) in [5.74, 6) is 0.506. The third-order valence-corrected chi connectivity index (χ3v) is 15.0. The summed E-state index contributed by atoms with van der Waals surface area (Å²) in [6.07, 6.45) is 1.83. The minimum atomic E-state index is -1.95. The van der Waals surface area contributed by atoms with E-state index in [9.17, 15) is 4.79 Å². The summed E-state index contributed by atoms with van der Waals surface area (Å²) in [7, 11) is -1.95. The van der Waals surface area contributed by atoms with Crippen LogP contribution in [0, 0.1) is 0 Å². The highest BCUT2D eigenvalue weighted by atomic mass is 28.3. The fourth-order valence-electron chi connectivity index (χ4n) is 6.84. The Labute approximate surface area is 221 Å². The number of benzene rings is 3. The molecule has 5 heteroatoms. The Bertz CT molecular complexity index is 1400. The van der Waals surface area contributed by atoms with Crippen LogP contribution in [-0.4, -0.2) is 18.4 Å². The number of cyclic esters (lactones) is 1. The second-order valence-corrected chi connectivity index (χ2v) is 16.8.